The van der Waals surface area contributed by atoms with E-state index in [1.807, 2.05) is 12.4 Å². The molecule has 1 aromatic heterocycles. The number of nitrogens with zero attached hydrogens (tertiary/aromatic N) is 2. The van der Waals surface area contributed by atoms with E-state index >= 15 is 0 Å². The first-order valence-electron chi connectivity index (χ1n) is 8.77. The van der Waals surface area contributed by atoms with Crippen molar-refractivity contribution in [1.29, 1.82) is 0 Å². The molecule has 0 spiro atoms. The summed E-state index contributed by atoms with van der Waals surface area (Å²) >= 11 is 0. The first kappa shape index (κ1) is 18.7. The molecule has 0 saturated heterocycles. The van der Waals surface area contributed by atoms with Gasteiger partial charge in [0.2, 0.25) is 5.91 Å². The minimum absolute atomic E-state index is 0.136. The summed E-state index contributed by atoms with van der Waals surface area (Å²) in [5, 5.41) is 0. The Morgan fingerprint density at radius 3 is 2.41 bits per heavy atom. The highest BCUT2D eigenvalue weighted by atomic mass is 16.2. The second-order valence-corrected chi connectivity index (χ2v) is 5.93. The zero-order chi connectivity index (χ0) is 16.0. The second kappa shape index (κ2) is 12.2. The van der Waals surface area contributed by atoms with Crippen molar-refractivity contribution in [2.24, 2.45) is 5.84 Å². The third-order valence-electron chi connectivity index (χ3n) is 4.05. The van der Waals surface area contributed by atoms with Gasteiger partial charge in [0.15, 0.2) is 0 Å². The highest BCUT2D eigenvalue weighted by Gasteiger charge is 2.05. The van der Waals surface area contributed by atoms with Crippen LogP contribution in [0.2, 0.25) is 0 Å². The van der Waals surface area contributed by atoms with Gasteiger partial charge in [-0.2, -0.15) is 0 Å². The zero-order valence-corrected chi connectivity index (χ0v) is 14.0. The van der Waals surface area contributed by atoms with Crippen molar-refractivity contribution in [2.45, 2.75) is 84.1 Å². The third kappa shape index (κ3) is 8.17. The second-order valence-electron chi connectivity index (χ2n) is 5.93. The first-order valence-corrected chi connectivity index (χ1v) is 8.77. The van der Waals surface area contributed by atoms with Crippen molar-refractivity contribution < 1.29 is 4.79 Å². The van der Waals surface area contributed by atoms with Gasteiger partial charge < -0.3 is 4.57 Å². The van der Waals surface area contributed by atoms with E-state index in [0.29, 0.717) is 13.0 Å². The Kier molecular flexibility index (Phi) is 10.4. The van der Waals surface area contributed by atoms with Crippen LogP contribution in [0.1, 0.15) is 77.0 Å². The lowest BCUT2D eigenvalue weighted by Gasteiger charge is -2.07. The van der Waals surface area contributed by atoms with Crippen LogP contribution in [-0.2, 0) is 17.8 Å². The van der Waals surface area contributed by atoms with Crippen LogP contribution >= 0.6 is 0 Å². The van der Waals surface area contributed by atoms with Gasteiger partial charge >= 0.3 is 0 Å². The molecular weight excluding hydrogens is 276 g/mol. The van der Waals surface area contributed by atoms with Crippen LogP contribution in [0.25, 0.3) is 0 Å². The van der Waals surface area contributed by atoms with Crippen LogP contribution in [0.4, 0.5) is 0 Å². The number of carbonyl (C=O) groups excluding carboxylic acids is 1. The summed E-state index contributed by atoms with van der Waals surface area (Å²) < 4.78 is 2.06. The van der Waals surface area contributed by atoms with E-state index in [-0.39, 0.29) is 5.91 Å². The maximum absolute atomic E-state index is 11.2. The highest BCUT2D eigenvalue weighted by Crippen LogP contribution is 2.11. The van der Waals surface area contributed by atoms with Crippen molar-refractivity contribution in [3.05, 3.63) is 18.2 Å². The topological polar surface area (TPSA) is 72.9 Å². The first-order chi connectivity index (χ1) is 10.8. The zero-order valence-electron chi connectivity index (χ0n) is 14.0. The van der Waals surface area contributed by atoms with E-state index < -0.39 is 0 Å². The quantitative estimate of drug-likeness (QED) is 0.254. The number of rotatable bonds is 13. The normalized spacial score (nSPS) is 10.8. The lowest BCUT2D eigenvalue weighted by molar-refractivity contribution is -0.121. The Hall–Kier alpha value is -1.36. The fraction of sp³-hybridized carbons (Fsp3) is 0.765. The lowest BCUT2D eigenvalue weighted by Crippen LogP contribution is -2.30. The Bertz CT molecular complexity index is 403. The van der Waals surface area contributed by atoms with Crippen LogP contribution in [0.5, 0.6) is 0 Å². The van der Waals surface area contributed by atoms with Gasteiger partial charge in [-0.1, -0.05) is 58.3 Å². The van der Waals surface area contributed by atoms with Crippen LogP contribution in [0.3, 0.4) is 0 Å². The van der Waals surface area contributed by atoms with Crippen LogP contribution in [0, 0.1) is 0 Å². The molecule has 22 heavy (non-hydrogen) atoms. The number of unbranched alkanes of at least 4 members (excludes halogenated alkanes) is 8. The predicted octanol–water partition coefficient (Wildman–Crippen LogP) is 3.34. The maximum atomic E-state index is 11.2. The lowest BCUT2D eigenvalue weighted by atomic mass is 10.1. The van der Waals surface area contributed by atoms with E-state index in [0.717, 1.165) is 12.2 Å². The number of amides is 1. The van der Waals surface area contributed by atoms with E-state index in [2.05, 4.69) is 21.9 Å². The number of imidazole rings is 1. The summed E-state index contributed by atoms with van der Waals surface area (Å²) in [6, 6.07) is 0. The Labute approximate surface area is 134 Å². The van der Waals surface area contributed by atoms with Crippen molar-refractivity contribution in [3.63, 3.8) is 0 Å². The van der Waals surface area contributed by atoms with E-state index in [4.69, 9.17) is 5.84 Å². The molecule has 3 N–H and O–H groups in total. The number of aromatic nitrogens is 2. The van der Waals surface area contributed by atoms with Gasteiger partial charge in [0, 0.05) is 31.8 Å². The summed E-state index contributed by atoms with van der Waals surface area (Å²) in [4.78, 5) is 15.6. The summed E-state index contributed by atoms with van der Waals surface area (Å²) in [5.74, 6) is 6.03. The average molecular weight is 308 g/mol. The van der Waals surface area contributed by atoms with Gasteiger partial charge in [0.1, 0.15) is 5.82 Å². The Morgan fingerprint density at radius 1 is 1.14 bits per heavy atom. The molecule has 0 aliphatic carbocycles. The molecule has 0 fully saturated rings. The molecule has 1 rings (SSSR count). The minimum Gasteiger partial charge on any atom is -0.334 e. The smallest absolute Gasteiger partial charge is 0.235 e. The molecule has 0 aliphatic heterocycles. The molecule has 1 amide bonds. The average Bonchev–Trinajstić information content (AvgIpc) is 2.98. The molecule has 0 aromatic carbocycles. The predicted molar refractivity (Wildman–Crippen MR) is 90.1 cm³/mol. The molecule has 5 heteroatoms. The Balaban J connectivity index is 2.07. The number of nitrogens with two attached hydrogens (primary N) is 1. The van der Waals surface area contributed by atoms with Gasteiger partial charge in [-0.3, -0.25) is 10.2 Å². The van der Waals surface area contributed by atoms with Crippen LogP contribution in [0.15, 0.2) is 12.4 Å². The molecule has 0 aliphatic rings. The summed E-state index contributed by atoms with van der Waals surface area (Å²) in [5.41, 5.74) is 2.16. The standard InChI is InChI=1S/C17H32N4O/c1-2-3-4-5-6-7-8-9-10-11-16-19-13-15-21(16)14-12-17(22)20-18/h13,15H,2-12,14,18H2,1H3,(H,20,22). The number of hydrazine groups is 1. The molecule has 0 radical (unpaired) electrons. The SMILES string of the molecule is CCCCCCCCCCCc1nccn1CCC(=O)NN. The van der Waals surface area contributed by atoms with Crippen molar-refractivity contribution in [2.75, 3.05) is 0 Å². The molecule has 1 heterocycles. The third-order valence-corrected chi connectivity index (χ3v) is 4.05. The van der Waals surface area contributed by atoms with Crippen LogP contribution in [-0.4, -0.2) is 15.5 Å². The van der Waals surface area contributed by atoms with Gasteiger partial charge in [-0.25, -0.2) is 10.8 Å². The van der Waals surface area contributed by atoms with Gasteiger partial charge in [0.05, 0.1) is 0 Å². The van der Waals surface area contributed by atoms with Gasteiger partial charge in [-0.05, 0) is 6.42 Å². The molecule has 0 bridgehead atoms. The number of hydrogen-bond acceptors (Lipinski definition) is 3. The van der Waals surface area contributed by atoms with E-state index in [9.17, 15) is 4.79 Å². The molecule has 126 valence electrons. The van der Waals surface area contributed by atoms with Crippen molar-refractivity contribution in [1.82, 2.24) is 15.0 Å². The van der Waals surface area contributed by atoms with Crippen LogP contribution < -0.4 is 11.3 Å². The van der Waals surface area contributed by atoms with Crippen molar-refractivity contribution in [3.8, 4) is 0 Å². The maximum Gasteiger partial charge on any atom is 0.235 e. The summed E-state index contributed by atoms with van der Waals surface area (Å²) in [6.07, 6.45) is 17.1. The summed E-state index contributed by atoms with van der Waals surface area (Å²) in [6.45, 7) is 2.90. The molecule has 0 unspecified atom stereocenters. The molecule has 5 nitrogen and oxygen atoms in total. The fourth-order valence-corrected chi connectivity index (χ4v) is 2.66. The highest BCUT2D eigenvalue weighted by molar-refractivity contribution is 5.75. The molecular formula is C17H32N4O. The monoisotopic (exact) mass is 308 g/mol. The fourth-order valence-electron chi connectivity index (χ4n) is 2.66. The number of carbonyl (C=O) groups is 1. The largest absolute Gasteiger partial charge is 0.334 e. The minimum atomic E-state index is -0.136. The number of aryl methyl sites for hydroxylation is 2. The van der Waals surface area contributed by atoms with E-state index in [1.165, 1.54) is 57.8 Å². The molecule has 1 aromatic rings. The van der Waals surface area contributed by atoms with Crippen molar-refractivity contribution >= 4 is 5.91 Å². The molecule has 0 saturated carbocycles. The van der Waals surface area contributed by atoms with Gasteiger partial charge in [0.25, 0.3) is 0 Å². The number of hydrogen-bond donors (Lipinski definition) is 2. The van der Waals surface area contributed by atoms with Gasteiger partial charge in [-0.15, -0.1) is 0 Å². The van der Waals surface area contributed by atoms with E-state index in [1.54, 1.807) is 0 Å². The summed E-state index contributed by atoms with van der Waals surface area (Å²) in [7, 11) is 0. The Morgan fingerprint density at radius 2 is 1.77 bits per heavy atom. The number of nitrogens with one attached hydrogen (secondary N) is 1. The molecule has 0 atom stereocenters.